The molecule has 0 saturated carbocycles. The van der Waals surface area contributed by atoms with Gasteiger partial charge in [-0.3, -0.25) is 0 Å². The van der Waals surface area contributed by atoms with E-state index in [1.54, 1.807) is 13.0 Å². The number of hydrogen-bond acceptors (Lipinski definition) is 0. The first kappa shape index (κ1) is 8.25. The van der Waals surface area contributed by atoms with Crippen molar-refractivity contribution in [2.24, 2.45) is 0 Å². The van der Waals surface area contributed by atoms with E-state index in [0.29, 0.717) is 0 Å². The fraction of sp³-hybridized carbons (Fsp3) is 0.300. The minimum atomic E-state index is -0.118. The summed E-state index contributed by atoms with van der Waals surface area (Å²) in [4.78, 5) is 0. The van der Waals surface area contributed by atoms with E-state index in [2.05, 4.69) is 0 Å². The van der Waals surface area contributed by atoms with Crippen molar-refractivity contribution in [2.75, 3.05) is 0 Å². The summed E-state index contributed by atoms with van der Waals surface area (Å²) in [6.07, 6.45) is 2.97. The second-order valence-electron chi connectivity index (χ2n) is 2.57. The predicted octanol–water partition coefficient (Wildman–Crippen LogP) is 3.10. The van der Waals surface area contributed by atoms with Crippen molar-refractivity contribution >= 4 is 0 Å². The van der Waals surface area contributed by atoms with Crippen LogP contribution >= 0.6 is 0 Å². The van der Waals surface area contributed by atoms with Gasteiger partial charge >= 0.3 is 0 Å². The second-order valence-corrected chi connectivity index (χ2v) is 2.57. The highest BCUT2D eigenvalue weighted by molar-refractivity contribution is 5.32. The molecule has 0 aliphatic carbocycles. The third-order valence-electron chi connectivity index (χ3n) is 1.73. The molecule has 0 atom stereocenters. The first-order valence-corrected chi connectivity index (χ1v) is 3.84. The molecule has 0 N–H and O–H groups in total. The Morgan fingerprint density at radius 1 is 1.45 bits per heavy atom. The first-order valence-electron chi connectivity index (χ1n) is 3.84. The zero-order chi connectivity index (χ0) is 8.27. The molecule has 0 unspecified atom stereocenters. The molecule has 0 heterocycles. The van der Waals surface area contributed by atoms with Crippen LogP contribution in [0.2, 0.25) is 0 Å². The van der Waals surface area contributed by atoms with Crippen LogP contribution < -0.4 is 0 Å². The molecule has 0 fully saturated rings. The smallest absolute Gasteiger partial charge is 0.126 e. The minimum Gasteiger partial charge on any atom is -0.207 e. The van der Waals surface area contributed by atoms with Crippen molar-refractivity contribution in [3.05, 3.63) is 41.6 Å². The average molecular weight is 151 g/mol. The maximum absolute atomic E-state index is 12.9. The molecule has 0 bridgehead atoms. The van der Waals surface area contributed by atoms with Gasteiger partial charge < -0.3 is 0 Å². The quantitative estimate of drug-likeness (QED) is 0.609. The number of halogens is 1. The summed E-state index contributed by atoms with van der Waals surface area (Å²) >= 11 is 0. The highest BCUT2D eigenvalue weighted by Crippen LogP contribution is 2.14. The molecule has 11 heavy (non-hydrogen) atoms. The molecule has 1 heteroatoms. The molecule has 1 aromatic carbocycles. The van der Waals surface area contributed by atoms with E-state index >= 15 is 0 Å². The minimum absolute atomic E-state index is 0.118. The Labute approximate surface area is 67.1 Å². The molecule has 0 amide bonds. The molecule has 0 aliphatic rings. The van der Waals surface area contributed by atoms with Gasteiger partial charge in [-0.1, -0.05) is 19.1 Å². The lowest BCUT2D eigenvalue weighted by Gasteiger charge is -2.03. The summed E-state index contributed by atoms with van der Waals surface area (Å²) in [7, 11) is 0. The number of benzene rings is 1. The summed E-state index contributed by atoms with van der Waals surface area (Å²) < 4.78 is 12.9. The highest BCUT2D eigenvalue weighted by Gasteiger charge is 2.00. The zero-order valence-corrected chi connectivity index (χ0v) is 6.89. The molecule has 0 saturated heterocycles. The van der Waals surface area contributed by atoms with E-state index < -0.39 is 0 Å². The monoisotopic (exact) mass is 151 g/mol. The van der Waals surface area contributed by atoms with E-state index in [1.807, 2.05) is 19.4 Å². The van der Waals surface area contributed by atoms with E-state index in [-0.39, 0.29) is 5.82 Å². The topological polar surface area (TPSA) is 0 Å². The summed E-state index contributed by atoms with van der Waals surface area (Å²) in [6, 6.07) is 5.16. The van der Waals surface area contributed by atoms with Crippen molar-refractivity contribution in [3.8, 4) is 0 Å². The van der Waals surface area contributed by atoms with Gasteiger partial charge in [0.25, 0.3) is 0 Å². The lowest BCUT2D eigenvalue weighted by atomic mass is 10.0. The van der Waals surface area contributed by atoms with Crippen LogP contribution in [0, 0.1) is 19.2 Å². The maximum Gasteiger partial charge on any atom is 0.126 e. The predicted molar refractivity (Wildman–Crippen MR) is 44.8 cm³/mol. The van der Waals surface area contributed by atoms with Crippen molar-refractivity contribution < 1.29 is 4.39 Å². The van der Waals surface area contributed by atoms with Gasteiger partial charge in [-0.25, -0.2) is 4.39 Å². The third kappa shape index (κ3) is 1.79. The maximum atomic E-state index is 12.9. The molecule has 1 aromatic rings. The number of hydrogen-bond donors (Lipinski definition) is 0. The first-order chi connectivity index (χ1) is 5.25. The lowest BCUT2D eigenvalue weighted by Crippen LogP contribution is -1.89. The molecule has 0 spiro atoms. The van der Waals surface area contributed by atoms with Gasteiger partial charge in [0.2, 0.25) is 0 Å². The number of rotatable bonds is 2. The van der Waals surface area contributed by atoms with Crippen LogP contribution in [0.5, 0.6) is 0 Å². The van der Waals surface area contributed by atoms with Crippen LogP contribution in [0.3, 0.4) is 0 Å². The average Bonchev–Trinajstić information content (AvgIpc) is 1.99. The lowest BCUT2D eigenvalue weighted by molar-refractivity contribution is 0.617. The molecule has 59 valence electrons. The third-order valence-corrected chi connectivity index (χ3v) is 1.73. The van der Waals surface area contributed by atoms with Crippen molar-refractivity contribution in [3.63, 3.8) is 0 Å². The van der Waals surface area contributed by atoms with Crippen molar-refractivity contribution in [1.29, 1.82) is 0 Å². The second kappa shape index (κ2) is 3.51. The van der Waals surface area contributed by atoms with Gasteiger partial charge in [0, 0.05) is 0 Å². The van der Waals surface area contributed by atoms with E-state index in [9.17, 15) is 4.39 Å². The van der Waals surface area contributed by atoms with Gasteiger partial charge in [-0.2, -0.15) is 0 Å². The van der Waals surface area contributed by atoms with E-state index in [4.69, 9.17) is 0 Å². The molecule has 0 aromatic heterocycles. The van der Waals surface area contributed by atoms with Crippen LogP contribution in [-0.4, -0.2) is 0 Å². The Kier molecular flexibility index (Phi) is 2.64. The Balaban J connectivity index is 2.96. The van der Waals surface area contributed by atoms with Crippen LogP contribution in [0.1, 0.15) is 24.5 Å². The molecule has 0 aliphatic heterocycles. The molecule has 0 nitrogen and oxygen atoms in total. The molecule has 1 radical (unpaired) electrons. The standard InChI is InChI=1S/C10H12F/c1-3-5-9-6-4-7-10(11)8(9)2/h4-7H,3H2,1-2H3. The molecule has 1 rings (SSSR count). The van der Waals surface area contributed by atoms with E-state index in [1.165, 1.54) is 6.07 Å². The van der Waals surface area contributed by atoms with Crippen molar-refractivity contribution in [2.45, 2.75) is 20.3 Å². The summed E-state index contributed by atoms with van der Waals surface area (Å²) in [5, 5.41) is 0. The molecular formula is C10H12F. The van der Waals surface area contributed by atoms with Gasteiger partial charge in [-0.15, -0.1) is 0 Å². The normalized spacial score (nSPS) is 10.1. The van der Waals surface area contributed by atoms with Crippen LogP contribution in [0.25, 0.3) is 0 Å². The molecular weight excluding hydrogens is 139 g/mol. The SMILES string of the molecule is CC[CH]c1cccc(F)c1C. The largest absolute Gasteiger partial charge is 0.207 e. The Morgan fingerprint density at radius 3 is 2.82 bits per heavy atom. The highest BCUT2D eigenvalue weighted by atomic mass is 19.1. The summed E-state index contributed by atoms with van der Waals surface area (Å²) in [5.41, 5.74) is 1.75. The summed E-state index contributed by atoms with van der Waals surface area (Å²) in [6.45, 7) is 3.85. The Hall–Kier alpha value is -0.850. The van der Waals surface area contributed by atoms with Crippen LogP contribution in [0.4, 0.5) is 4.39 Å². The Bertz CT molecular complexity index is 241. The zero-order valence-electron chi connectivity index (χ0n) is 6.89. The van der Waals surface area contributed by atoms with Crippen molar-refractivity contribution in [1.82, 2.24) is 0 Å². The fourth-order valence-electron chi connectivity index (χ4n) is 1.07. The van der Waals surface area contributed by atoms with Crippen LogP contribution in [-0.2, 0) is 0 Å². The summed E-state index contributed by atoms with van der Waals surface area (Å²) in [5.74, 6) is -0.118. The van der Waals surface area contributed by atoms with Gasteiger partial charge in [0.1, 0.15) is 5.82 Å². The van der Waals surface area contributed by atoms with E-state index in [0.717, 1.165) is 17.5 Å². The van der Waals surface area contributed by atoms with Crippen LogP contribution in [0.15, 0.2) is 18.2 Å². The Morgan fingerprint density at radius 2 is 2.18 bits per heavy atom. The van der Waals surface area contributed by atoms with Gasteiger partial charge in [0.15, 0.2) is 0 Å². The van der Waals surface area contributed by atoms with Gasteiger partial charge in [0.05, 0.1) is 0 Å². The van der Waals surface area contributed by atoms with Gasteiger partial charge in [-0.05, 0) is 37.0 Å². The fourth-order valence-corrected chi connectivity index (χ4v) is 1.07.